The molecule has 1 aliphatic heterocycles. The van der Waals surface area contributed by atoms with E-state index < -0.39 is 0 Å². The Bertz CT molecular complexity index is 975. The number of benzene rings is 2. The largest absolute Gasteiger partial charge is 0.337 e. The van der Waals surface area contributed by atoms with Crippen LogP contribution in [0.1, 0.15) is 51.8 Å². The summed E-state index contributed by atoms with van der Waals surface area (Å²) in [5.41, 5.74) is 4.99. The van der Waals surface area contributed by atoms with Crippen LogP contribution in [0.2, 0.25) is 0 Å². The van der Waals surface area contributed by atoms with Crippen molar-refractivity contribution < 1.29 is 9.32 Å². The standard InChI is InChI=1S/C22H23N3O2/c1-14-6-9-17(10-7-14)20-23-21(27-24-20)19-5-4-12-25(19)22(26)18-11-8-15(2)13-16(18)3/h6-11,13,19H,4-5,12H2,1-3H3. The van der Waals surface area contributed by atoms with Gasteiger partial charge in [0.05, 0.1) is 0 Å². The van der Waals surface area contributed by atoms with Crippen LogP contribution in [-0.4, -0.2) is 27.5 Å². The molecule has 1 fully saturated rings. The van der Waals surface area contributed by atoms with E-state index >= 15 is 0 Å². The van der Waals surface area contributed by atoms with Crippen molar-refractivity contribution in [3.63, 3.8) is 0 Å². The van der Waals surface area contributed by atoms with Gasteiger partial charge in [0, 0.05) is 17.7 Å². The highest BCUT2D eigenvalue weighted by Gasteiger charge is 2.35. The van der Waals surface area contributed by atoms with E-state index in [9.17, 15) is 4.79 Å². The van der Waals surface area contributed by atoms with E-state index in [0.29, 0.717) is 18.3 Å². The Labute approximate surface area is 159 Å². The van der Waals surface area contributed by atoms with Gasteiger partial charge in [-0.3, -0.25) is 4.79 Å². The first-order chi connectivity index (χ1) is 13.0. The smallest absolute Gasteiger partial charge is 0.254 e. The zero-order chi connectivity index (χ0) is 19.0. The van der Waals surface area contributed by atoms with E-state index in [-0.39, 0.29) is 11.9 Å². The predicted octanol–water partition coefficient (Wildman–Crippen LogP) is 4.64. The first-order valence-corrected chi connectivity index (χ1v) is 9.32. The Balaban J connectivity index is 1.60. The third-order valence-electron chi connectivity index (χ3n) is 5.16. The number of carbonyl (C=O) groups excluding carboxylic acids is 1. The van der Waals surface area contributed by atoms with Crippen LogP contribution >= 0.6 is 0 Å². The molecular weight excluding hydrogens is 338 g/mol. The molecule has 0 spiro atoms. The summed E-state index contributed by atoms with van der Waals surface area (Å²) in [5, 5.41) is 4.13. The molecule has 0 N–H and O–H groups in total. The van der Waals surface area contributed by atoms with Crippen molar-refractivity contribution in [3.05, 3.63) is 70.6 Å². The number of carbonyl (C=O) groups is 1. The number of amides is 1. The lowest BCUT2D eigenvalue weighted by Crippen LogP contribution is -2.31. The first kappa shape index (κ1) is 17.5. The van der Waals surface area contributed by atoms with Crippen LogP contribution in [0.4, 0.5) is 0 Å². The van der Waals surface area contributed by atoms with Crippen molar-refractivity contribution in [1.82, 2.24) is 15.0 Å². The summed E-state index contributed by atoms with van der Waals surface area (Å²) in [6, 6.07) is 13.8. The third-order valence-corrected chi connectivity index (χ3v) is 5.16. The maximum atomic E-state index is 13.1. The van der Waals surface area contributed by atoms with Gasteiger partial charge in [0.15, 0.2) is 0 Å². The Kier molecular flexibility index (Phi) is 4.52. The second kappa shape index (κ2) is 6.99. The van der Waals surface area contributed by atoms with E-state index in [2.05, 4.69) is 10.1 Å². The molecular formula is C22H23N3O2. The average Bonchev–Trinajstić information content (AvgIpc) is 3.31. The van der Waals surface area contributed by atoms with Gasteiger partial charge < -0.3 is 9.42 Å². The van der Waals surface area contributed by atoms with E-state index in [4.69, 9.17) is 4.52 Å². The van der Waals surface area contributed by atoms with Crippen molar-refractivity contribution in [2.75, 3.05) is 6.54 Å². The fourth-order valence-corrected chi connectivity index (χ4v) is 3.67. The lowest BCUT2D eigenvalue weighted by atomic mass is 10.0. The summed E-state index contributed by atoms with van der Waals surface area (Å²) < 4.78 is 5.54. The SMILES string of the molecule is Cc1ccc(-c2noc(C3CCCN3C(=O)c3ccc(C)cc3C)n2)cc1. The van der Waals surface area contributed by atoms with Gasteiger partial charge in [-0.15, -0.1) is 0 Å². The first-order valence-electron chi connectivity index (χ1n) is 9.32. The maximum absolute atomic E-state index is 13.1. The number of aryl methyl sites for hydroxylation is 3. The molecule has 2 heterocycles. The van der Waals surface area contributed by atoms with E-state index in [1.165, 1.54) is 5.56 Å². The van der Waals surface area contributed by atoms with Gasteiger partial charge in [-0.2, -0.15) is 4.98 Å². The maximum Gasteiger partial charge on any atom is 0.254 e. The van der Waals surface area contributed by atoms with E-state index in [0.717, 1.165) is 35.1 Å². The summed E-state index contributed by atoms with van der Waals surface area (Å²) in [4.78, 5) is 19.6. The second-order valence-electron chi connectivity index (χ2n) is 7.30. The molecule has 1 aromatic heterocycles. The van der Waals surface area contributed by atoms with Crippen LogP contribution in [-0.2, 0) is 0 Å². The van der Waals surface area contributed by atoms with Gasteiger partial charge in [0.2, 0.25) is 11.7 Å². The second-order valence-corrected chi connectivity index (χ2v) is 7.30. The monoisotopic (exact) mass is 361 g/mol. The molecule has 5 heteroatoms. The fourth-order valence-electron chi connectivity index (χ4n) is 3.67. The highest BCUT2D eigenvalue weighted by Crippen LogP contribution is 2.33. The van der Waals surface area contributed by atoms with Gasteiger partial charge in [-0.1, -0.05) is 52.7 Å². The summed E-state index contributed by atoms with van der Waals surface area (Å²) in [7, 11) is 0. The van der Waals surface area contributed by atoms with Crippen molar-refractivity contribution in [1.29, 1.82) is 0 Å². The van der Waals surface area contributed by atoms with Crippen LogP contribution in [0.15, 0.2) is 47.0 Å². The predicted molar refractivity (Wildman–Crippen MR) is 103 cm³/mol. The molecule has 0 saturated carbocycles. The molecule has 0 bridgehead atoms. The number of hydrogen-bond donors (Lipinski definition) is 0. The van der Waals surface area contributed by atoms with Crippen LogP contribution in [0.3, 0.4) is 0 Å². The Morgan fingerprint density at radius 1 is 1.07 bits per heavy atom. The molecule has 1 aliphatic rings. The van der Waals surface area contributed by atoms with Gasteiger partial charge in [-0.25, -0.2) is 0 Å². The topological polar surface area (TPSA) is 59.2 Å². The van der Waals surface area contributed by atoms with Gasteiger partial charge in [0.25, 0.3) is 5.91 Å². The molecule has 1 saturated heterocycles. The quantitative estimate of drug-likeness (QED) is 0.682. The van der Waals surface area contributed by atoms with Crippen molar-refractivity contribution in [3.8, 4) is 11.4 Å². The number of hydrogen-bond acceptors (Lipinski definition) is 4. The highest BCUT2D eigenvalue weighted by atomic mass is 16.5. The van der Waals surface area contributed by atoms with Crippen molar-refractivity contribution >= 4 is 5.91 Å². The molecule has 5 nitrogen and oxygen atoms in total. The average molecular weight is 361 g/mol. The zero-order valence-electron chi connectivity index (χ0n) is 15.9. The van der Waals surface area contributed by atoms with Gasteiger partial charge in [-0.05, 0) is 45.2 Å². The molecule has 0 aliphatic carbocycles. The Morgan fingerprint density at radius 2 is 1.81 bits per heavy atom. The molecule has 138 valence electrons. The van der Waals surface area contributed by atoms with Gasteiger partial charge >= 0.3 is 0 Å². The number of aromatic nitrogens is 2. The minimum absolute atomic E-state index is 0.0325. The minimum atomic E-state index is -0.162. The van der Waals surface area contributed by atoms with Crippen LogP contribution in [0.25, 0.3) is 11.4 Å². The van der Waals surface area contributed by atoms with Gasteiger partial charge in [0.1, 0.15) is 6.04 Å². The lowest BCUT2D eigenvalue weighted by Gasteiger charge is -2.22. The van der Waals surface area contributed by atoms with Crippen LogP contribution in [0, 0.1) is 20.8 Å². The van der Waals surface area contributed by atoms with Crippen LogP contribution < -0.4 is 0 Å². The molecule has 1 unspecified atom stereocenters. The lowest BCUT2D eigenvalue weighted by molar-refractivity contribution is 0.0709. The summed E-state index contributed by atoms with van der Waals surface area (Å²) >= 11 is 0. The summed E-state index contributed by atoms with van der Waals surface area (Å²) in [6.45, 7) is 6.76. The Hall–Kier alpha value is -2.95. The van der Waals surface area contributed by atoms with E-state index in [1.807, 2.05) is 68.1 Å². The third kappa shape index (κ3) is 3.37. The fraction of sp³-hybridized carbons (Fsp3) is 0.318. The minimum Gasteiger partial charge on any atom is -0.337 e. The van der Waals surface area contributed by atoms with E-state index in [1.54, 1.807) is 0 Å². The van der Waals surface area contributed by atoms with Crippen molar-refractivity contribution in [2.24, 2.45) is 0 Å². The molecule has 3 aromatic rings. The highest BCUT2D eigenvalue weighted by molar-refractivity contribution is 5.96. The molecule has 2 aromatic carbocycles. The Morgan fingerprint density at radius 3 is 2.56 bits per heavy atom. The normalized spacial score (nSPS) is 16.7. The van der Waals surface area contributed by atoms with Crippen molar-refractivity contribution in [2.45, 2.75) is 39.7 Å². The molecule has 27 heavy (non-hydrogen) atoms. The molecule has 1 atom stereocenters. The number of likely N-dealkylation sites (tertiary alicyclic amines) is 1. The summed E-state index contributed by atoms with van der Waals surface area (Å²) in [6.07, 6.45) is 1.77. The summed E-state index contributed by atoms with van der Waals surface area (Å²) in [5.74, 6) is 1.11. The van der Waals surface area contributed by atoms with Crippen LogP contribution in [0.5, 0.6) is 0 Å². The number of nitrogens with zero attached hydrogens (tertiary/aromatic N) is 3. The molecule has 1 amide bonds. The molecule has 4 rings (SSSR count). The molecule has 0 radical (unpaired) electrons. The zero-order valence-corrected chi connectivity index (χ0v) is 15.9. The number of rotatable bonds is 3.